The van der Waals surface area contributed by atoms with Crippen LogP contribution in [0.2, 0.25) is 0 Å². The Labute approximate surface area is 191 Å². The third-order valence-electron chi connectivity index (χ3n) is 6.34. The molecule has 9 nitrogen and oxygen atoms in total. The average Bonchev–Trinajstić information content (AvgIpc) is 3.42. The van der Waals surface area contributed by atoms with E-state index >= 15 is 0 Å². The fraction of sp³-hybridized carbons (Fsp3) is 0.417. The number of hydrogen-bond donors (Lipinski definition) is 2. The number of hydrogen-bond acceptors (Lipinski definition) is 6. The summed E-state index contributed by atoms with van der Waals surface area (Å²) in [7, 11) is 0. The van der Waals surface area contributed by atoms with E-state index < -0.39 is 0 Å². The molecule has 170 valence electrons. The number of anilines is 2. The number of nitrogens with one attached hydrogen (secondary N) is 2. The predicted octanol–water partition coefficient (Wildman–Crippen LogP) is 3.26. The molecule has 1 aromatic carbocycles. The summed E-state index contributed by atoms with van der Waals surface area (Å²) in [6, 6.07) is 8.47. The number of fused-ring (bicyclic) bond motifs is 2. The van der Waals surface area contributed by atoms with Crippen LogP contribution in [0.4, 0.5) is 11.6 Å². The lowest BCUT2D eigenvalue weighted by Gasteiger charge is -2.19. The Morgan fingerprint density at radius 1 is 1.15 bits per heavy atom. The van der Waals surface area contributed by atoms with Crippen LogP contribution in [0.25, 0.3) is 16.9 Å². The first-order valence-electron chi connectivity index (χ1n) is 11.5. The second-order valence-corrected chi connectivity index (χ2v) is 9.95. The highest BCUT2D eigenvalue weighted by Crippen LogP contribution is 2.35. The Bertz CT molecular complexity index is 1420. The van der Waals surface area contributed by atoms with Gasteiger partial charge in [-0.25, -0.2) is 14.3 Å². The zero-order valence-electron chi connectivity index (χ0n) is 19.2. The predicted molar refractivity (Wildman–Crippen MR) is 127 cm³/mol. The largest absolute Gasteiger partial charge is 0.324 e. The molecule has 0 radical (unpaired) electrons. The van der Waals surface area contributed by atoms with Crippen LogP contribution in [0.15, 0.2) is 41.5 Å². The Kier molecular flexibility index (Phi) is 4.45. The lowest BCUT2D eigenvalue weighted by molar-refractivity contribution is 0.353. The van der Waals surface area contributed by atoms with Crippen molar-refractivity contribution in [2.24, 2.45) is 0 Å². The van der Waals surface area contributed by atoms with E-state index in [1.54, 1.807) is 10.9 Å². The molecule has 4 heterocycles. The van der Waals surface area contributed by atoms with Crippen molar-refractivity contribution in [2.75, 3.05) is 11.9 Å². The number of aromatic nitrogens is 6. The number of rotatable bonds is 4. The highest BCUT2D eigenvalue weighted by atomic mass is 16.1. The summed E-state index contributed by atoms with van der Waals surface area (Å²) in [5.41, 5.74) is 3.96. The Morgan fingerprint density at radius 2 is 2.00 bits per heavy atom. The van der Waals surface area contributed by atoms with Crippen molar-refractivity contribution < 1.29 is 0 Å². The van der Waals surface area contributed by atoms with E-state index in [1.165, 1.54) is 11.1 Å². The van der Waals surface area contributed by atoms with Crippen molar-refractivity contribution in [3.05, 3.63) is 58.1 Å². The lowest BCUT2D eigenvalue weighted by atomic mass is 10.0. The van der Waals surface area contributed by atoms with Crippen LogP contribution < -0.4 is 16.2 Å². The highest BCUT2D eigenvalue weighted by molar-refractivity contribution is 5.77. The molecule has 4 aromatic rings. The molecule has 0 spiro atoms. The third-order valence-corrected chi connectivity index (χ3v) is 6.34. The minimum absolute atomic E-state index is 0.0642. The zero-order chi connectivity index (χ0) is 22.7. The van der Waals surface area contributed by atoms with E-state index in [2.05, 4.69) is 48.5 Å². The summed E-state index contributed by atoms with van der Waals surface area (Å²) >= 11 is 0. The van der Waals surface area contributed by atoms with Gasteiger partial charge in [-0.05, 0) is 69.8 Å². The van der Waals surface area contributed by atoms with Crippen molar-refractivity contribution in [2.45, 2.75) is 58.2 Å². The quantitative estimate of drug-likeness (QED) is 0.502. The van der Waals surface area contributed by atoms with Crippen LogP contribution in [0.5, 0.6) is 0 Å². The monoisotopic (exact) mass is 444 g/mol. The van der Waals surface area contributed by atoms with Crippen molar-refractivity contribution in [3.63, 3.8) is 0 Å². The summed E-state index contributed by atoms with van der Waals surface area (Å²) in [4.78, 5) is 22.5. The van der Waals surface area contributed by atoms with Gasteiger partial charge in [-0.15, -0.1) is 0 Å². The molecular weight excluding hydrogens is 416 g/mol. The van der Waals surface area contributed by atoms with E-state index in [-0.39, 0.29) is 17.1 Å². The van der Waals surface area contributed by atoms with Crippen LogP contribution in [0.3, 0.4) is 0 Å². The lowest BCUT2D eigenvalue weighted by Crippen LogP contribution is -2.24. The topological polar surface area (TPSA) is 94.6 Å². The number of nitrogens with zero attached hydrogens (tertiary/aromatic N) is 6. The van der Waals surface area contributed by atoms with Crippen LogP contribution in [-0.2, 0) is 18.5 Å². The molecule has 0 saturated heterocycles. The Morgan fingerprint density at radius 3 is 2.76 bits per heavy atom. The molecule has 0 atom stereocenters. The molecule has 2 N–H and O–H groups in total. The summed E-state index contributed by atoms with van der Waals surface area (Å²) in [5.74, 6) is 1.16. The smallest absolute Gasteiger partial charge is 0.278 e. The van der Waals surface area contributed by atoms with E-state index in [0.717, 1.165) is 38.0 Å². The van der Waals surface area contributed by atoms with Crippen molar-refractivity contribution in [1.29, 1.82) is 0 Å². The maximum Gasteiger partial charge on any atom is 0.278 e. The normalized spacial score (nSPS) is 16.2. The molecule has 9 heteroatoms. The minimum atomic E-state index is -0.157. The second kappa shape index (κ2) is 7.28. The Hall–Kier alpha value is -3.46. The SMILES string of the molecule is CC(C)(C)n1ccc(-n2c3nc(Nc4ccc5c(c4)CCNC5)ncc3c(=O)n2C2CC2)n1. The van der Waals surface area contributed by atoms with Gasteiger partial charge in [0.1, 0.15) is 5.39 Å². The molecule has 0 amide bonds. The molecule has 33 heavy (non-hydrogen) atoms. The molecule has 1 saturated carbocycles. The van der Waals surface area contributed by atoms with Crippen LogP contribution in [0.1, 0.15) is 50.8 Å². The standard InChI is InChI=1S/C24H28N8O/c1-24(2,3)30-11-9-20(29-30)32-21-19(22(33)31(32)18-6-7-18)14-26-23(28-21)27-17-5-4-16-13-25-10-8-15(16)12-17/h4-5,9,11-12,14,18,25H,6-8,10,13H2,1-3H3,(H,26,27,28). The van der Waals surface area contributed by atoms with Gasteiger partial charge in [0.05, 0.1) is 11.6 Å². The maximum absolute atomic E-state index is 13.2. The summed E-state index contributed by atoms with van der Waals surface area (Å²) in [5, 5.41) is 12.0. The van der Waals surface area contributed by atoms with Gasteiger partial charge in [-0.1, -0.05) is 6.07 Å². The molecule has 2 aliphatic rings. The van der Waals surface area contributed by atoms with E-state index in [4.69, 9.17) is 10.1 Å². The fourth-order valence-electron chi connectivity index (χ4n) is 4.41. The summed E-state index contributed by atoms with van der Waals surface area (Å²) in [6.07, 6.45) is 6.55. The summed E-state index contributed by atoms with van der Waals surface area (Å²) in [6.45, 7) is 8.19. The first-order valence-corrected chi connectivity index (χ1v) is 11.5. The average molecular weight is 445 g/mol. The number of benzene rings is 1. The molecule has 0 bridgehead atoms. The zero-order valence-corrected chi connectivity index (χ0v) is 19.2. The van der Waals surface area contributed by atoms with Crippen LogP contribution in [0, 0.1) is 0 Å². The van der Waals surface area contributed by atoms with E-state index in [1.807, 2.05) is 27.7 Å². The molecular formula is C24H28N8O. The van der Waals surface area contributed by atoms with Gasteiger partial charge in [0.15, 0.2) is 11.5 Å². The first-order chi connectivity index (χ1) is 15.9. The summed E-state index contributed by atoms with van der Waals surface area (Å²) < 4.78 is 5.57. The van der Waals surface area contributed by atoms with Crippen LogP contribution >= 0.6 is 0 Å². The van der Waals surface area contributed by atoms with Crippen LogP contribution in [-0.4, -0.2) is 35.7 Å². The molecule has 0 unspecified atom stereocenters. The Balaban J connectivity index is 1.44. The minimum Gasteiger partial charge on any atom is -0.324 e. The van der Waals surface area contributed by atoms with Gasteiger partial charge in [-0.3, -0.25) is 9.48 Å². The van der Waals surface area contributed by atoms with E-state index in [9.17, 15) is 4.79 Å². The van der Waals surface area contributed by atoms with Crippen molar-refractivity contribution >= 4 is 22.7 Å². The van der Waals surface area contributed by atoms with Gasteiger partial charge < -0.3 is 10.6 Å². The van der Waals surface area contributed by atoms with Gasteiger partial charge in [0, 0.05) is 30.7 Å². The van der Waals surface area contributed by atoms with Gasteiger partial charge in [0.25, 0.3) is 5.56 Å². The van der Waals surface area contributed by atoms with E-state index in [0.29, 0.717) is 22.8 Å². The molecule has 6 rings (SSSR count). The molecule has 1 aliphatic heterocycles. The fourth-order valence-corrected chi connectivity index (χ4v) is 4.41. The maximum atomic E-state index is 13.2. The van der Waals surface area contributed by atoms with Crippen molar-refractivity contribution in [3.8, 4) is 5.82 Å². The first kappa shape index (κ1) is 20.2. The van der Waals surface area contributed by atoms with Gasteiger partial charge >= 0.3 is 0 Å². The van der Waals surface area contributed by atoms with Crippen molar-refractivity contribution in [1.82, 2.24) is 34.4 Å². The van der Waals surface area contributed by atoms with Gasteiger partial charge in [0.2, 0.25) is 5.95 Å². The highest BCUT2D eigenvalue weighted by Gasteiger charge is 2.31. The van der Waals surface area contributed by atoms with Gasteiger partial charge in [-0.2, -0.15) is 10.1 Å². The molecule has 3 aromatic heterocycles. The third kappa shape index (κ3) is 3.52. The molecule has 1 fully saturated rings. The molecule has 1 aliphatic carbocycles. The second-order valence-electron chi connectivity index (χ2n) is 9.95.